The van der Waals surface area contributed by atoms with Gasteiger partial charge in [-0.2, -0.15) is 0 Å². The Kier molecular flexibility index (Phi) is 3.34. The van der Waals surface area contributed by atoms with Crippen LogP contribution in [-0.2, 0) is 5.60 Å². The minimum atomic E-state index is -0.609. The Morgan fingerprint density at radius 2 is 1.80 bits per heavy atom. The van der Waals surface area contributed by atoms with E-state index in [1.807, 2.05) is 0 Å². The van der Waals surface area contributed by atoms with Gasteiger partial charge in [0.1, 0.15) is 0 Å². The Balaban J connectivity index is 2.20. The molecule has 0 amide bonds. The maximum Gasteiger partial charge on any atom is 0.0920 e. The predicted octanol–water partition coefficient (Wildman–Crippen LogP) is 1.98. The second-order valence-corrected chi connectivity index (χ2v) is 4.89. The predicted molar refractivity (Wildman–Crippen MR) is 64.2 cm³/mol. The van der Waals surface area contributed by atoms with Gasteiger partial charge in [0.25, 0.3) is 0 Å². The van der Waals surface area contributed by atoms with Gasteiger partial charge in [-0.3, -0.25) is 0 Å². The molecule has 1 aliphatic rings. The van der Waals surface area contributed by atoms with Crippen molar-refractivity contribution in [2.24, 2.45) is 0 Å². The maximum absolute atomic E-state index is 10.5. The first-order valence-corrected chi connectivity index (χ1v) is 6.55. The second-order valence-electron chi connectivity index (χ2n) is 4.01. The summed E-state index contributed by atoms with van der Waals surface area (Å²) in [5.74, 6) is 0. The van der Waals surface area contributed by atoms with Gasteiger partial charge in [0.05, 0.1) is 5.60 Å². The first-order chi connectivity index (χ1) is 7.24. The van der Waals surface area contributed by atoms with Crippen molar-refractivity contribution in [2.75, 3.05) is 19.3 Å². The smallest absolute Gasteiger partial charge is 0.0920 e. The lowest BCUT2D eigenvalue weighted by atomic mass is 9.85. The Hall–Kier alpha value is -0.510. The van der Waals surface area contributed by atoms with Crippen molar-refractivity contribution in [3.63, 3.8) is 0 Å². The van der Waals surface area contributed by atoms with Crippen molar-refractivity contribution in [3.05, 3.63) is 29.8 Å². The van der Waals surface area contributed by atoms with Crippen LogP contribution in [0, 0.1) is 0 Å². The summed E-state index contributed by atoms with van der Waals surface area (Å²) in [6.07, 6.45) is 3.69. The van der Waals surface area contributed by atoms with E-state index in [0.29, 0.717) is 0 Å². The molecule has 1 aromatic carbocycles. The molecule has 0 spiro atoms. The summed E-state index contributed by atoms with van der Waals surface area (Å²) in [6, 6.07) is 8.27. The van der Waals surface area contributed by atoms with Gasteiger partial charge in [-0.1, -0.05) is 12.1 Å². The molecule has 0 atom stereocenters. The zero-order valence-electron chi connectivity index (χ0n) is 8.99. The average Bonchev–Trinajstić information content (AvgIpc) is 2.30. The van der Waals surface area contributed by atoms with Crippen LogP contribution >= 0.6 is 11.8 Å². The van der Waals surface area contributed by atoms with Crippen LogP contribution < -0.4 is 5.32 Å². The third kappa shape index (κ3) is 2.36. The number of hydrogen-bond acceptors (Lipinski definition) is 3. The molecule has 1 saturated heterocycles. The summed E-state index contributed by atoms with van der Waals surface area (Å²) < 4.78 is 0. The van der Waals surface area contributed by atoms with Gasteiger partial charge in [0.2, 0.25) is 0 Å². The van der Waals surface area contributed by atoms with Gasteiger partial charge < -0.3 is 10.4 Å². The fraction of sp³-hybridized carbons (Fsp3) is 0.500. The molecule has 1 fully saturated rings. The summed E-state index contributed by atoms with van der Waals surface area (Å²) in [5, 5.41) is 13.7. The first-order valence-electron chi connectivity index (χ1n) is 5.32. The van der Waals surface area contributed by atoms with Crippen LogP contribution in [0.4, 0.5) is 0 Å². The molecule has 15 heavy (non-hydrogen) atoms. The second kappa shape index (κ2) is 4.56. The average molecular weight is 223 g/mol. The van der Waals surface area contributed by atoms with Crippen molar-refractivity contribution in [1.29, 1.82) is 0 Å². The highest BCUT2D eigenvalue weighted by Gasteiger charge is 2.30. The Bertz CT molecular complexity index is 317. The highest BCUT2D eigenvalue weighted by atomic mass is 32.2. The van der Waals surface area contributed by atoms with E-state index in [4.69, 9.17) is 0 Å². The zero-order chi connectivity index (χ0) is 10.7. The molecule has 0 unspecified atom stereocenters. The third-order valence-electron chi connectivity index (χ3n) is 3.06. The van der Waals surface area contributed by atoms with Gasteiger partial charge in [0, 0.05) is 4.90 Å². The number of hydrogen-bond donors (Lipinski definition) is 2. The lowest BCUT2D eigenvalue weighted by molar-refractivity contribution is 0.00590. The molecule has 1 heterocycles. The highest BCUT2D eigenvalue weighted by Crippen LogP contribution is 2.31. The molecule has 0 saturated carbocycles. The largest absolute Gasteiger partial charge is 0.385 e. The summed E-state index contributed by atoms with van der Waals surface area (Å²) in [5.41, 5.74) is 0.448. The summed E-state index contributed by atoms with van der Waals surface area (Å²) >= 11 is 1.73. The number of piperidine rings is 1. The number of thioether (sulfide) groups is 1. The van der Waals surface area contributed by atoms with E-state index in [2.05, 4.69) is 35.8 Å². The van der Waals surface area contributed by atoms with Gasteiger partial charge >= 0.3 is 0 Å². The number of nitrogens with one attached hydrogen (secondary N) is 1. The lowest BCUT2D eigenvalue weighted by Crippen LogP contribution is -2.39. The van der Waals surface area contributed by atoms with E-state index in [9.17, 15) is 5.11 Å². The van der Waals surface area contributed by atoms with E-state index in [1.54, 1.807) is 11.8 Å². The quantitative estimate of drug-likeness (QED) is 0.752. The minimum absolute atomic E-state index is 0.609. The minimum Gasteiger partial charge on any atom is -0.385 e. The van der Waals surface area contributed by atoms with Crippen LogP contribution in [0.3, 0.4) is 0 Å². The molecule has 0 aromatic heterocycles. The van der Waals surface area contributed by atoms with Gasteiger partial charge in [0.15, 0.2) is 0 Å². The van der Waals surface area contributed by atoms with Gasteiger partial charge in [-0.05, 0) is 49.9 Å². The van der Waals surface area contributed by atoms with Crippen molar-refractivity contribution in [3.8, 4) is 0 Å². The van der Waals surface area contributed by atoms with Crippen LogP contribution in [0.5, 0.6) is 0 Å². The number of rotatable bonds is 2. The van der Waals surface area contributed by atoms with Gasteiger partial charge in [-0.25, -0.2) is 0 Å². The lowest BCUT2D eigenvalue weighted by Gasteiger charge is -2.33. The fourth-order valence-corrected chi connectivity index (χ4v) is 2.44. The molecule has 0 bridgehead atoms. The SMILES string of the molecule is CSc1ccc(C2(O)CCNCC2)cc1. The summed E-state index contributed by atoms with van der Waals surface area (Å²) in [4.78, 5) is 1.25. The van der Waals surface area contributed by atoms with E-state index in [1.165, 1.54) is 4.90 Å². The number of aliphatic hydroxyl groups is 1. The van der Waals surface area contributed by atoms with E-state index >= 15 is 0 Å². The molecule has 2 N–H and O–H groups in total. The van der Waals surface area contributed by atoms with Crippen molar-refractivity contribution in [1.82, 2.24) is 5.32 Å². The molecule has 0 radical (unpaired) electrons. The topological polar surface area (TPSA) is 32.3 Å². The van der Waals surface area contributed by atoms with Crippen molar-refractivity contribution < 1.29 is 5.11 Å². The molecule has 2 rings (SSSR count). The molecule has 82 valence electrons. The fourth-order valence-electron chi connectivity index (χ4n) is 2.03. The molecular formula is C12H17NOS. The first kappa shape index (κ1) is 11.0. The van der Waals surface area contributed by atoms with Crippen LogP contribution in [0.25, 0.3) is 0 Å². The zero-order valence-corrected chi connectivity index (χ0v) is 9.81. The molecular weight excluding hydrogens is 206 g/mol. The van der Waals surface area contributed by atoms with Crippen LogP contribution in [0.1, 0.15) is 18.4 Å². The van der Waals surface area contributed by atoms with Crippen LogP contribution in [0.2, 0.25) is 0 Å². The standard InChI is InChI=1S/C12H17NOS/c1-15-11-4-2-10(3-5-11)12(14)6-8-13-9-7-12/h2-5,13-14H,6-9H2,1H3. The molecule has 3 heteroatoms. The monoisotopic (exact) mass is 223 g/mol. The van der Waals surface area contributed by atoms with E-state index in [-0.39, 0.29) is 0 Å². The normalized spacial score (nSPS) is 20.1. The molecule has 2 nitrogen and oxygen atoms in total. The highest BCUT2D eigenvalue weighted by molar-refractivity contribution is 7.98. The molecule has 1 aromatic rings. The van der Waals surface area contributed by atoms with Crippen molar-refractivity contribution in [2.45, 2.75) is 23.3 Å². The molecule has 0 aliphatic carbocycles. The van der Waals surface area contributed by atoms with Crippen molar-refractivity contribution >= 4 is 11.8 Å². The third-order valence-corrected chi connectivity index (χ3v) is 3.80. The summed E-state index contributed by atoms with van der Waals surface area (Å²) in [7, 11) is 0. The molecule has 1 aliphatic heterocycles. The Morgan fingerprint density at radius 1 is 1.20 bits per heavy atom. The van der Waals surface area contributed by atoms with Gasteiger partial charge in [-0.15, -0.1) is 11.8 Å². The van der Waals surface area contributed by atoms with Crippen LogP contribution in [0.15, 0.2) is 29.2 Å². The Morgan fingerprint density at radius 3 is 2.33 bits per heavy atom. The van der Waals surface area contributed by atoms with Crippen LogP contribution in [-0.4, -0.2) is 24.5 Å². The summed E-state index contributed by atoms with van der Waals surface area (Å²) in [6.45, 7) is 1.81. The maximum atomic E-state index is 10.5. The van der Waals surface area contributed by atoms with E-state index < -0.39 is 5.60 Å². The number of benzene rings is 1. The van der Waals surface area contributed by atoms with E-state index in [0.717, 1.165) is 31.5 Å². The Labute approximate surface area is 95.1 Å².